The average Bonchev–Trinajstić information content (AvgIpc) is 2.76. The van der Waals surface area contributed by atoms with Crippen molar-refractivity contribution in [1.82, 2.24) is 5.32 Å². The maximum atomic E-state index is 12.6. The average molecular weight is 419 g/mol. The first-order chi connectivity index (χ1) is 13.9. The maximum Gasteiger partial charge on any atom is 0.263 e. The van der Waals surface area contributed by atoms with E-state index in [2.05, 4.69) is 5.32 Å². The van der Waals surface area contributed by atoms with Gasteiger partial charge in [-0.1, -0.05) is 24.3 Å². The molecule has 0 spiro atoms. The second-order valence-electron chi connectivity index (χ2n) is 6.75. The smallest absolute Gasteiger partial charge is 0.263 e. The van der Waals surface area contributed by atoms with Gasteiger partial charge in [0.05, 0.1) is 25.1 Å². The molecule has 1 amide bonds. The van der Waals surface area contributed by atoms with E-state index in [-0.39, 0.29) is 18.2 Å². The first-order valence-electron chi connectivity index (χ1n) is 9.61. The van der Waals surface area contributed by atoms with Gasteiger partial charge < -0.3 is 14.8 Å². The zero-order valence-corrected chi connectivity index (χ0v) is 17.4. The van der Waals surface area contributed by atoms with Crippen LogP contribution in [0.2, 0.25) is 0 Å². The van der Waals surface area contributed by atoms with Crippen LogP contribution in [0.5, 0.6) is 11.5 Å². The van der Waals surface area contributed by atoms with Crippen LogP contribution in [0.15, 0.2) is 48.5 Å². The number of hydrogen-bond donors (Lipinski definition) is 1. The molecule has 0 radical (unpaired) electrons. The number of sulfonamides is 1. The van der Waals surface area contributed by atoms with Gasteiger partial charge in [-0.05, 0) is 49.6 Å². The molecule has 2 aromatic carbocycles. The normalized spacial score (nSPS) is 15.9. The molecule has 0 aromatic heterocycles. The molecule has 1 N–H and O–H groups in total. The highest BCUT2D eigenvalue weighted by Crippen LogP contribution is 2.35. The van der Waals surface area contributed by atoms with Crippen LogP contribution < -0.4 is 19.1 Å². The molecule has 3 rings (SSSR count). The van der Waals surface area contributed by atoms with E-state index in [0.717, 1.165) is 24.2 Å². The maximum absolute atomic E-state index is 12.6. The van der Waals surface area contributed by atoms with E-state index >= 15 is 0 Å². The summed E-state index contributed by atoms with van der Waals surface area (Å²) in [6.45, 7) is 2.03. The highest BCUT2D eigenvalue weighted by molar-refractivity contribution is 7.92. The minimum Gasteiger partial charge on any atom is -0.497 e. The van der Waals surface area contributed by atoms with E-state index < -0.39 is 16.1 Å². The lowest BCUT2D eigenvalue weighted by atomic mass is 10.1. The van der Waals surface area contributed by atoms with E-state index in [1.807, 2.05) is 24.3 Å². The minimum absolute atomic E-state index is 0.0303. The van der Waals surface area contributed by atoms with Gasteiger partial charge in [-0.25, -0.2) is 8.42 Å². The lowest BCUT2D eigenvalue weighted by molar-refractivity contribution is -0.127. The van der Waals surface area contributed by atoms with Gasteiger partial charge in [-0.2, -0.15) is 0 Å². The first kappa shape index (κ1) is 21.0. The number of benzene rings is 2. The molecule has 0 bridgehead atoms. The molecule has 1 atom stereocenters. The molecule has 1 aliphatic rings. The molecule has 0 aliphatic carbocycles. The summed E-state index contributed by atoms with van der Waals surface area (Å²) in [6, 6.07) is 14.7. The first-order valence-corrected chi connectivity index (χ1v) is 11.2. The summed E-state index contributed by atoms with van der Waals surface area (Å²) in [5, 5.41) is 2.86. The molecule has 1 aliphatic heterocycles. The number of fused-ring (bicyclic) bond motifs is 1. The summed E-state index contributed by atoms with van der Waals surface area (Å²) in [5.41, 5.74) is 1.63. The summed E-state index contributed by atoms with van der Waals surface area (Å²) < 4.78 is 37.1. The van der Waals surface area contributed by atoms with Crippen LogP contribution in [-0.4, -0.2) is 46.4 Å². The number of carbonyl (C=O) groups excluding carboxylic acids is 1. The topological polar surface area (TPSA) is 84.9 Å². The molecule has 2 aromatic rings. The van der Waals surface area contributed by atoms with Crippen molar-refractivity contribution in [2.24, 2.45) is 0 Å². The highest BCUT2D eigenvalue weighted by Gasteiger charge is 2.35. The lowest BCUT2D eigenvalue weighted by Crippen LogP contribution is -2.51. The number of hydrogen-bond acceptors (Lipinski definition) is 5. The van der Waals surface area contributed by atoms with Crippen LogP contribution in [0, 0.1) is 0 Å². The number of carbonyl (C=O) groups is 1. The second-order valence-corrected chi connectivity index (χ2v) is 8.93. The summed E-state index contributed by atoms with van der Waals surface area (Å²) in [7, 11) is -1.88. The molecule has 0 saturated carbocycles. The van der Waals surface area contributed by atoms with Gasteiger partial charge in [-0.15, -0.1) is 0 Å². The zero-order chi connectivity index (χ0) is 20.9. The third-order valence-corrected chi connectivity index (χ3v) is 6.58. The number of ether oxygens (including phenoxy) is 2. The van der Waals surface area contributed by atoms with Crippen molar-refractivity contribution in [1.29, 1.82) is 0 Å². The van der Waals surface area contributed by atoms with Crippen LogP contribution in [0.3, 0.4) is 0 Å². The fourth-order valence-corrected chi connectivity index (χ4v) is 4.29. The summed E-state index contributed by atoms with van der Waals surface area (Å²) in [5.74, 6) is 0.848. The van der Waals surface area contributed by atoms with Gasteiger partial charge in [0.15, 0.2) is 6.10 Å². The summed E-state index contributed by atoms with van der Waals surface area (Å²) >= 11 is 0. The molecule has 29 heavy (non-hydrogen) atoms. The van der Waals surface area contributed by atoms with Crippen molar-refractivity contribution in [3.8, 4) is 11.5 Å². The van der Waals surface area contributed by atoms with Crippen LogP contribution in [0.1, 0.15) is 18.9 Å². The molecule has 1 heterocycles. The molecule has 7 nitrogen and oxygen atoms in total. The van der Waals surface area contributed by atoms with Crippen LogP contribution >= 0.6 is 0 Å². The number of nitrogens with zero attached hydrogens (tertiary/aromatic N) is 1. The fraction of sp³-hybridized carbons (Fsp3) is 0.381. The van der Waals surface area contributed by atoms with Crippen molar-refractivity contribution < 1.29 is 22.7 Å². The second kappa shape index (κ2) is 9.17. The highest BCUT2D eigenvalue weighted by atomic mass is 32.2. The van der Waals surface area contributed by atoms with Crippen molar-refractivity contribution >= 4 is 21.6 Å². The van der Waals surface area contributed by atoms with Gasteiger partial charge in [-0.3, -0.25) is 9.10 Å². The predicted molar refractivity (Wildman–Crippen MR) is 112 cm³/mol. The Morgan fingerprint density at radius 3 is 2.62 bits per heavy atom. The van der Waals surface area contributed by atoms with E-state index in [1.165, 1.54) is 4.31 Å². The Bertz CT molecular complexity index is 944. The number of para-hydroxylation sites is 2. The number of rotatable bonds is 8. The Labute approximate surface area is 171 Å². The SMILES string of the molecule is CCS(=O)(=O)N1C[C@@H](C(=O)NCCCc2ccc(OC)cc2)Oc2ccccc21. The number of amides is 1. The third kappa shape index (κ3) is 5.00. The third-order valence-electron chi connectivity index (χ3n) is 4.83. The Kier molecular flexibility index (Phi) is 6.64. The zero-order valence-electron chi connectivity index (χ0n) is 16.6. The molecular weight excluding hydrogens is 392 g/mol. The molecule has 156 valence electrons. The van der Waals surface area contributed by atoms with Crippen molar-refractivity contribution in [3.05, 3.63) is 54.1 Å². The standard InChI is InChI=1S/C21H26N2O5S/c1-3-29(25,26)23-15-20(28-19-9-5-4-8-18(19)23)21(24)22-14-6-7-16-10-12-17(27-2)13-11-16/h4-5,8-13,20H,3,6-7,14-15H2,1-2H3,(H,22,24)/t20-/m0/s1. The van der Waals surface area contributed by atoms with E-state index in [9.17, 15) is 13.2 Å². The van der Waals surface area contributed by atoms with Crippen LogP contribution in [0.25, 0.3) is 0 Å². The van der Waals surface area contributed by atoms with E-state index in [1.54, 1.807) is 38.3 Å². The number of nitrogens with one attached hydrogen (secondary N) is 1. The lowest BCUT2D eigenvalue weighted by Gasteiger charge is -2.34. The van der Waals surface area contributed by atoms with E-state index in [4.69, 9.17) is 9.47 Å². The van der Waals surface area contributed by atoms with E-state index in [0.29, 0.717) is 18.0 Å². The van der Waals surface area contributed by atoms with Crippen molar-refractivity contribution in [2.75, 3.05) is 30.3 Å². The van der Waals surface area contributed by atoms with Gasteiger partial charge >= 0.3 is 0 Å². The molecular formula is C21H26N2O5S. The minimum atomic E-state index is -3.50. The van der Waals surface area contributed by atoms with Gasteiger partial charge in [0.2, 0.25) is 10.0 Å². The summed E-state index contributed by atoms with van der Waals surface area (Å²) in [4.78, 5) is 12.6. The largest absolute Gasteiger partial charge is 0.497 e. The van der Waals surface area contributed by atoms with Crippen LogP contribution in [-0.2, 0) is 21.2 Å². The number of methoxy groups -OCH3 is 1. The number of aryl methyl sites for hydroxylation is 1. The molecule has 0 saturated heterocycles. The van der Waals surface area contributed by atoms with Crippen LogP contribution in [0.4, 0.5) is 5.69 Å². The molecule has 8 heteroatoms. The Morgan fingerprint density at radius 1 is 1.21 bits per heavy atom. The molecule has 0 fully saturated rings. The summed E-state index contributed by atoms with van der Waals surface area (Å²) in [6.07, 6.45) is 0.694. The quantitative estimate of drug-likeness (QED) is 0.666. The fourth-order valence-electron chi connectivity index (χ4n) is 3.17. The van der Waals surface area contributed by atoms with Gasteiger partial charge in [0.1, 0.15) is 11.5 Å². The molecule has 0 unspecified atom stereocenters. The number of anilines is 1. The Balaban J connectivity index is 1.58. The predicted octanol–water partition coefficient (Wildman–Crippen LogP) is 2.36. The Morgan fingerprint density at radius 2 is 1.93 bits per heavy atom. The Hall–Kier alpha value is -2.74. The van der Waals surface area contributed by atoms with Gasteiger partial charge in [0.25, 0.3) is 5.91 Å². The van der Waals surface area contributed by atoms with Gasteiger partial charge in [0, 0.05) is 6.54 Å². The van der Waals surface area contributed by atoms with Crippen molar-refractivity contribution in [3.63, 3.8) is 0 Å². The monoisotopic (exact) mass is 418 g/mol. The van der Waals surface area contributed by atoms with Crippen molar-refractivity contribution in [2.45, 2.75) is 25.9 Å².